The highest BCUT2D eigenvalue weighted by atomic mass is 79.9. The van der Waals surface area contributed by atoms with Crippen molar-refractivity contribution < 1.29 is 14.0 Å². The third-order valence-electron chi connectivity index (χ3n) is 6.24. The number of benzene rings is 2. The van der Waals surface area contributed by atoms with Gasteiger partial charge in [0, 0.05) is 38.4 Å². The molecule has 0 spiro atoms. The van der Waals surface area contributed by atoms with E-state index in [9.17, 15) is 14.9 Å². The van der Waals surface area contributed by atoms with Crippen molar-refractivity contribution in [3.05, 3.63) is 86.0 Å². The fraction of sp³-hybridized carbons (Fsp3) is 0.192. The largest absolute Gasteiger partial charge is 0.384 e. The molecule has 2 heterocycles. The standard InChI is InChI=1S/C26H19BrClFN6O2S2/c27-13-7-9-14(10-8-13)32-20(37)12-38-26-34-33-25(39-26)35-18-5-2-6-19(36)23(18)21(15(11-30)24(35)31)22-16(28)3-1-4-17(22)29/h1,3-4,7-10,21H,2,5-6,12,31H2,(H,32,37). The maximum absolute atomic E-state index is 15.0. The maximum Gasteiger partial charge on any atom is 0.234 e. The topological polar surface area (TPSA) is 125 Å². The van der Waals surface area contributed by atoms with Gasteiger partial charge in [0.1, 0.15) is 11.6 Å². The number of carbonyl (C=O) groups excluding carboxylic acids is 2. The highest BCUT2D eigenvalue weighted by Gasteiger charge is 2.42. The third-order valence-corrected chi connectivity index (χ3v) is 9.14. The maximum atomic E-state index is 15.0. The second kappa shape index (κ2) is 11.5. The van der Waals surface area contributed by atoms with Crippen molar-refractivity contribution in [3.8, 4) is 6.07 Å². The van der Waals surface area contributed by atoms with Crippen molar-refractivity contribution >= 4 is 73.1 Å². The van der Waals surface area contributed by atoms with Gasteiger partial charge < -0.3 is 11.1 Å². The fourth-order valence-corrected chi connectivity index (χ4v) is 6.81. The summed E-state index contributed by atoms with van der Waals surface area (Å²) in [6.45, 7) is 0. The van der Waals surface area contributed by atoms with Gasteiger partial charge in [-0.1, -0.05) is 56.7 Å². The van der Waals surface area contributed by atoms with Gasteiger partial charge in [0.25, 0.3) is 0 Å². The Morgan fingerprint density at radius 3 is 2.77 bits per heavy atom. The van der Waals surface area contributed by atoms with Gasteiger partial charge >= 0.3 is 0 Å². The van der Waals surface area contributed by atoms with Crippen molar-refractivity contribution in [1.29, 1.82) is 5.26 Å². The molecule has 0 bridgehead atoms. The van der Waals surface area contributed by atoms with E-state index in [1.165, 1.54) is 41.3 Å². The number of nitriles is 1. The number of halogens is 3. The van der Waals surface area contributed by atoms with E-state index in [2.05, 4.69) is 37.5 Å². The highest BCUT2D eigenvalue weighted by molar-refractivity contribution is 9.10. The van der Waals surface area contributed by atoms with Crippen LogP contribution in [0, 0.1) is 17.1 Å². The number of nitrogens with two attached hydrogens (primary N) is 1. The Kier molecular flexibility index (Phi) is 8.04. The molecule has 1 aromatic heterocycles. The Bertz CT molecular complexity index is 1560. The van der Waals surface area contributed by atoms with Gasteiger partial charge in [0.15, 0.2) is 10.1 Å². The number of aromatic nitrogens is 2. The van der Waals surface area contributed by atoms with E-state index in [-0.39, 0.29) is 51.4 Å². The molecular weight excluding hydrogens is 627 g/mol. The van der Waals surface area contributed by atoms with Gasteiger partial charge in [-0.3, -0.25) is 14.5 Å². The summed E-state index contributed by atoms with van der Waals surface area (Å²) in [5.41, 5.74) is 8.07. The fourth-order valence-electron chi connectivity index (χ4n) is 4.59. The molecule has 1 aliphatic carbocycles. The van der Waals surface area contributed by atoms with Gasteiger partial charge in [0.05, 0.1) is 23.3 Å². The number of nitrogens with zero attached hydrogens (tertiary/aromatic N) is 4. The molecule has 39 heavy (non-hydrogen) atoms. The molecule has 3 aromatic rings. The van der Waals surface area contributed by atoms with Crippen LogP contribution in [-0.2, 0) is 9.59 Å². The summed E-state index contributed by atoms with van der Waals surface area (Å²) < 4.78 is 16.4. The lowest BCUT2D eigenvalue weighted by Gasteiger charge is -2.38. The van der Waals surface area contributed by atoms with Gasteiger partial charge in [-0.25, -0.2) is 4.39 Å². The molecule has 2 aliphatic rings. The zero-order chi connectivity index (χ0) is 27.7. The van der Waals surface area contributed by atoms with Crippen LogP contribution < -0.4 is 16.0 Å². The van der Waals surface area contributed by atoms with Gasteiger partial charge in [-0.05, 0) is 49.2 Å². The number of anilines is 2. The summed E-state index contributed by atoms with van der Waals surface area (Å²) in [5, 5.41) is 21.8. The van der Waals surface area contributed by atoms with E-state index in [1.807, 2.05) is 12.1 Å². The predicted octanol–water partition coefficient (Wildman–Crippen LogP) is 6.13. The van der Waals surface area contributed by atoms with Crippen LogP contribution in [0.1, 0.15) is 30.7 Å². The quantitative estimate of drug-likeness (QED) is 0.307. The Morgan fingerprint density at radius 1 is 1.28 bits per heavy atom. The molecule has 1 unspecified atom stereocenters. The minimum Gasteiger partial charge on any atom is -0.384 e. The van der Waals surface area contributed by atoms with Crippen molar-refractivity contribution in [2.75, 3.05) is 16.0 Å². The number of amides is 1. The second-order valence-electron chi connectivity index (χ2n) is 8.65. The number of carbonyl (C=O) groups is 2. The van der Waals surface area contributed by atoms with Crippen molar-refractivity contribution in [3.63, 3.8) is 0 Å². The first kappa shape index (κ1) is 27.3. The molecule has 0 radical (unpaired) electrons. The lowest BCUT2D eigenvalue weighted by Crippen LogP contribution is -2.39. The van der Waals surface area contributed by atoms with Gasteiger partial charge in [-0.2, -0.15) is 5.26 Å². The van der Waals surface area contributed by atoms with E-state index in [1.54, 1.807) is 17.0 Å². The summed E-state index contributed by atoms with van der Waals surface area (Å²) in [6.07, 6.45) is 1.30. The highest BCUT2D eigenvalue weighted by Crippen LogP contribution is 2.48. The van der Waals surface area contributed by atoms with Crippen LogP contribution in [0.2, 0.25) is 5.02 Å². The van der Waals surface area contributed by atoms with Gasteiger partial charge in [-0.15, -0.1) is 10.2 Å². The average Bonchev–Trinajstić information content (AvgIpc) is 3.37. The molecule has 0 saturated carbocycles. The summed E-state index contributed by atoms with van der Waals surface area (Å²) >= 11 is 12.1. The summed E-state index contributed by atoms with van der Waals surface area (Å²) in [4.78, 5) is 27.2. The van der Waals surface area contributed by atoms with Gasteiger partial charge in [0.2, 0.25) is 11.0 Å². The molecule has 5 rings (SSSR count). The van der Waals surface area contributed by atoms with Crippen LogP contribution in [0.25, 0.3) is 0 Å². The number of hydrogen-bond acceptors (Lipinski definition) is 9. The Morgan fingerprint density at radius 2 is 2.05 bits per heavy atom. The molecule has 1 atom stereocenters. The zero-order valence-corrected chi connectivity index (χ0v) is 24.1. The van der Waals surface area contributed by atoms with Crippen LogP contribution in [0.4, 0.5) is 15.2 Å². The summed E-state index contributed by atoms with van der Waals surface area (Å²) in [6, 6.07) is 13.5. The lowest BCUT2D eigenvalue weighted by molar-refractivity contribution is -0.116. The zero-order valence-electron chi connectivity index (χ0n) is 20.1. The Hall–Kier alpha value is -3.24. The number of rotatable bonds is 6. The van der Waals surface area contributed by atoms with Crippen LogP contribution in [-0.4, -0.2) is 27.6 Å². The van der Waals surface area contributed by atoms with Crippen LogP contribution in [0.3, 0.4) is 0 Å². The number of Topliss-reactive ketones (excluding diaryl/α,β-unsaturated/α-hetero) is 1. The van der Waals surface area contributed by atoms with Crippen molar-refractivity contribution in [1.82, 2.24) is 10.2 Å². The van der Waals surface area contributed by atoms with E-state index in [4.69, 9.17) is 17.3 Å². The van der Waals surface area contributed by atoms with Crippen LogP contribution in [0.15, 0.2) is 73.9 Å². The smallest absolute Gasteiger partial charge is 0.234 e. The SMILES string of the molecule is N#CC1=C(N)N(c2nnc(SCC(=O)Nc3ccc(Br)cc3)s2)C2=C(C(=O)CCC2)C1c1c(F)cccc1Cl. The molecule has 1 aliphatic heterocycles. The molecule has 0 fully saturated rings. The number of ketones is 1. The Balaban J connectivity index is 1.45. The minimum atomic E-state index is -1.02. The second-order valence-corrected chi connectivity index (χ2v) is 12.1. The first-order chi connectivity index (χ1) is 18.8. The number of thioether (sulfide) groups is 1. The molecule has 0 saturated heterocycles. The first-order valence-corrected chi connectivity index (χ1v) is 14.7. The van der Waals surface area contributed by atoms with E-state index in [0.717, 1.165) is 4.47 Å². The number of nitrogens with one attached hydrogen (secondary N) is 1. The molecular formula is C26H19BrClFN6O2S2. The van der Waals surface area contributed by atoms with Crippen molar-refractivity contribution in [2.24, 2.45) is 5.73 Å². The summed E-state index contributed by atoms with van der Waals surface area (Å²) in [5.74, 6) is -1.92. The normalized spacial score (nSPS) is 17.2. The lowest BCUT2D eigenvalue weighted by atomic mass is 9.75. The van der Waals surface area contributed by atoms with E-state index >= 15 is 4.39 Å². The Labute approximate surface area is 244 Å². The van der Waals surface area contributed by atoms with Crippen molar-refractivity contribution in [2.45, 2.75) is 29.5 Å². The molecule has 13 heteroatoms. The average molecular weight is 646 g/mol. The molecule has 198 valence electrons. The number of allylic oxidation sites excluding steroid dienone is 3. The molecule has 1 amide bonds. The van der Waals surface area contributed by atoms with Crippen LogP contribution >= 0.6 is 50.6 Å². The van der Waals surface area contributed by atoms with E-state index < -0.39 is 11.7 Å². The molecule has 2 aromatic carbocycles. The summed E-state index contributed by atoms with van der Waals surface area (Å²) in [7, 11) is 0. The first-order valence-electron chi connectivity index (χ1n) is 11.7. The monoisotopic (exact) mass is 644 g/mol. The minimum absolute atomic E-state index is 0.00859. The predicted molar refractivity (Wildman–Crippen MR) is 153 cm³/mol. The molecule has 3 N–H and O–H groups in total. The van der Waals surface area contributed by atoms with Crippen LogP contribution in [0.5, 0.6) is 0 Å². The molecule has 8 nitrogen and oxygen atoms in total. The third kappa shape index (κ3) is 5.45. The van der Waals surface area contributed by atoms with E-state index in [0.29, 0.717) is 33.7 Å². The number of hydrogen-bond donors (Lipinski definition) is 2.